The minimum atomic E-state index is -4.41. The number of hydrogen-bond acceptors (Lipinski definition) is 3. The lowest BCUT2D eigenvalue weighted by atomic mass is 10.0. The number of anilines is 1. The third-order valence-corrected chi connectivity index (χ3v) is 5.16. The van der Waals surface area contributed by atoms with Gasteiger partial charge in [-0.05, 0) is 55.2 Å². The number of rotatable bonds is 7. The fourth-order valence-corrected chi connectivity index (χ4v) is 3.50. The predicted molar refractivity (Wildman–Crippen MR) is 110 cm³/mol. The van der Waals surface area contributed by atoms with E-state index in [0.717, 1.165) is 38.1 Å². The van der Waals surface area contributed by atoms with Crippen molar-refractivity contribution in [2.45, 2.75) is 38.1 Å². The predicted octanol–water partition coefficient (Wildman–Crippen LogP) is 4.73. The van der Waals surface area contributed by atoms with Crippen LogP contribution in [0.5, 0.6) is 0 Å². The third-order valence-electron chi connectivity index (χ3n) is 5.16. The number of aliphatic hydroxyl groups excluding tert-OH is 1. The lowest BCUT2D eigenvalue weighted by molar-refractivity contribution is -0.137. The summed E-state index contributed by atoms with van der Waals surface area (Å²) < 4.78 is 38.5. The number of nitrogens with one attached hydrogen (secondary N) is 1. The Hall–Kier alpha value is -2.31. The van der Waals surface area contributed by atoms with Gasteiger partial charge in [0.15, 0.2) is 0 Å². The van der Waals surface area contributed by atoms with E-state index in [1.165, 1.54) is 23.4 Å². The third kappa shape index (κ3) is 6.08. The van der Waals surface area contributed by atoms with E-state index >= 15 is 0 Å². The monoisotopic (exact) mass is 404 g/mol. The van der Waals surface area contributed by atoms with Crippen LogP contribution < -0.4 is 10.2 Å². The molecule has 1 aliphatic heterocycles. The van der Waals surface area contributed by atoms with E-state index in [1.54, 1.807) is 0 Å². The first kappa shape index (κ1) is 21.4. The highest BCUT2D eigenvalue weighted by Gasteiger charge is 2.30. The van der Waals surface area contributed by atoms with Crippen molar-refractivity contribution in [1.29, 1.82) is 0 Å². The molecule has 2 aromatic rings. The van der Waals surface area contributed by atoms with Crippen molar-refractivity contribution < 1.29 is 18.3 Å². The Balaban J connectivity index is 1.50. The molecule has 0 amide bonds. The standard InChI is InChI=1S/C23H27F3N2O/c1-17(14-18-8-10-21(11-9-18)28-12-3-2-4-13-28)27-16-22(29)19-6-5-7-20(15-19)23(24,25)26/h2-3,5-11,15,17,22,27,29H,4,12-14,16H2,1H3. The summed E-state index contributed by atoms with van der Waals surface area (Å²) in [6.07, 6.45) is 0.819. The van der Waals surface area contributed by atoms with Crippen LogP contribution in [0, 0.1) is 0 Å². The molecule has 1 aliphatic rings. The van der Waals surface area contributed by atoms with Gasteiger partial charge < -0.3 is 15.3 Å². The SMILES string of the molecule is CC(Cc1ccc(N2CC=CCC2)cc1)NCC(O)c1cccc(C(F)(F)F)c1. The highest BCUT2D eigenvalue weighted by Crippen LogP contribution is 2.30. The number of alkyl halides is 3. The zero-order chi connectivity index (χ0) is 20.9. The molecular formula is C23H27F3N2O. The first-order valence-electron chi connectivity index (χ1n) is 9.90. The van der Waals surface area contributed by atoms with E-state index in [0.29, 0.717) is 0 Å². The van der Waals surface area contributed by atoms with Crippen LogP contribution in [-0.2, 0) is 12.6 Å². The van der Waals surface area contributed by atoms with Gasteiger partial charge in [-0.15, -0.1) is 0 Å². The molecular weight excluding hydrogens is 377 g/mol. The Bertz CT molecular complexity index is 818. The average molecular weight is 404 g/mol. The molecule has 0 saturated carbocycles. The van der Waals surface area contributed by atoms with E-state index in [1.807, 2.05) is 6.92 Å². The Morgan fingerprint density at radius 1 is 1.10 bits per heavy atom. The maximum absolute atomic E-state index is 12.8. The molecule has 6 heteroatoms. The zero-order valence-corrected chi connectivity index (χ0v) is 16.5. The molecule has 0 radical (unpaired) electrons. The maximum Gasteiger partial charge on any atom is 0.416 e. The molecule has 156 valence electrons. The van der Waals surface area contributed by atoms with Crippen molar-refractivity contribution in [3.8, 4) is 0 Å². The molecule has 0 bridgehead atoms. The Morgan fingerprint density at radius 3 is 2.52 bits per heavy atom. The average Bonchev–Trinajstić information content (AvgIpc) is 2.73. The molecule has 3 nitrogen and oxygen atoms in total. The van der Waals surface area contributed by atoms with Gasteiger partial charge in [-0.25, -0.2) is 0 Å². The minimum Gasteiger partial charge on any atom is -0.387 e. The fourth-order valence-electron chi connectivity index (χ4n) is 3.50. The quantitative estimate of drug-likeness (QED) is 0.655. The molecule has 3 rings (SSSR count). The second-order valence-corrected chi connectivity index (χ2v) is 7.52. The summed E-state index contributed by atoms with van der Waals surface area (Å²) in [4.78, 5) is 2.33. The van der Waals surface area contributed by atoms with Crippen molar-refractivity contribution >= 4 is 5.69 Å². The zero-order valence-electron chi connectivity index (χ0n) is 16.5. The van der Waals surface area contributed by atoms with Crippen LogP contribution in [0.3, 0.4) is 0 Å². The molecule has 0 aliphatic carbocycles. The molecule has 0 fully saturated rings. The highest BCUT2D eigenvalue weighted by molar-refractivity contribution is 5.49. The van der Waals surface area contributed by atoms with Gasteiger partial charge in [-0.2, -0.15) is 13.2 Å². The van der Waals surface area contributed by atoms with Gasteiger partial charge in [0.2, 0.25) is 0 Å². The van der Waals surface area contributed by atoms with Gasteiger partial charge in [-0.1, -0.05) is 36.4 Å². The van der Waals surface area contributed by atoms with E-state index in [9.17, 15) is 18.3 Å². The normalized spacial score (nSPS) is 16.7. The molecule has 29 heavy (non-hydrogen) atoms. The van der Waals surface area contributed by atoms with Crippen LogP contribution in [-0.4, -0.2) is 30.8 Å². The number of benzene rings is 2. The molecule has 0 saturated heterocycles. The molecule has 0 aromatic heterocycles. The van der Waals surface area contributed by atoms with Crippen molar-refractivity contribution in [3.05, 3.63) is 77.4 Å². The Morgan fingerprint density at radius 2 is 1.86 bits per heavy atom. The molecule has 0 spiro atoms. The number of hydrogen-bond donors (Lipinski definition) is 2. The van der Waals surface area contributed by atoms with Gasteiger partial charge in [0.05, 0.1) is 11.7 Å². The van der Waals surface area contributed by atoms with Crippen molar-refractivity contribution in [2.75, 3.05) is 24.5 Å². The molecule has 2 atom stereocenters. The molecule has 2 N–H and O–H groups in total. The molecule has 2 unspecified atom stereocenters. The van der Waals surface area contributed by atoms with Gasteiger partial charge in [0, 0.05) is 31.4 Å². The van der Waals surface area contributed by atoms with Crippen LogP contribution in [0.4, 0.5) is 18.9 Å². The summed E-state index contributed by atoms with van der Waals surface area (Å²) >= 11 is 0. The van der Waals surface area contributed by atoms with Gasteiger partial charge >= 0.3 is 6.18 Å². The maximum atomic E-state index is 12.8. The van der Waals surface area contributed by atoms with Crippen LogP contribution in [0.2, 0.25) is 0 Å². The molecule has 1 heterocycles. The highest BCUT2D eigenvalue weighted by atomic mass is 19.4. The van der Waals surface area contributed by atoms with Gasteiger partial charge in [0.25, 0.3) is 0 Å². The summed E-state index contributed by atoms with van der Waals surface area (Å²) in [5, 5.41) is 13.5. The summed E-state index contributed by atoms with van der Waals surface area (Å²) in [6, 6.07) is 13.4. The topological polar surface area (TPSA) is 35.5 Å². The number of nitrogens with zero attached hydrogens (tertiary/aromatic N) is 1. The molecule has 2 aromatic carbocycles. The Kier molecular flexibility index (Phi) is 6.98. The van der Waals surface area contributed by atoms with E-state index in [4.69, 9.17) is 0 Å². The van der Waals surface area contributed by atoms with Crippen molar-refractivity contribution in [2.24, 2.45) is 0 Å². The minimum absolute atomic E-state index is 0.0826. The smallest absolute Gasteiger partial charge is 0.387 e. The lowest BCUT2D eigenvalue weighted by Crippen LogP contribution is -2.32. The van der Waals surface area contributed by atoms with E-state index in [-0.39, 0.29) is 18.2 Å². The first-order chi connectivity index (χ1) is 13.8. The van der Waals surface area contributed by atoms with Crippen LogP contribution >= 0.6 is 0 Å². The first-order valence-corrected chi connectivity index (χ1v) is 9.90. The van der Waals surface area contributed by atoms with Crippen LogP contribution in [0.1, 0.15) is 36.1 Å². The van der Waals surface area contributed by atoms with Crippen molar-refractivity contribution in [1.82, 2.24) is 5.32 Å². The second-order valence-electron chi connectivity index (χ2n) is 7.52. The summed E-state index contributed by atoms with van der Waals surface area (Å²) in [5.41, 5.74) is 1.90. The summed E-state index contributed by atoms with van der Waals surface area (Å²) in [7, 11) is 0. The van der Waals surface area contributed by atoms with Gasteiger partial charge in [-0.3, -0.25) is 0 Å². The van der Waals surface area contributed by atoms with Gasteiger partial charge in [0.1, 0.15) is 0 Å². The lowest BCUT2D eigenvalue weighted by Gasteiger charge is -2.26. The largest absolute Gasteiger partial charge is 0.416 e. The van der Waals surface area contributed by atoms with E-state index in [2.05, 4.69) is 46.6 Å². The number of halogens is 3. The van der Waals surface area contributed by atoms with E-state index < -0.39 is 17.8 Å². The fraction of sp³-hybridized carbons (Fsp3) is 0.391. The number of aliphatic hydroxyl groups is 1. The van der Waals surface area contributed by atoms with Crippen LogP contribution in [0.15, 0.2) is 60.7 Å². The second kappa shape index (κ2) is 9.46. The summed E-state index contributed by atoms with van der Waals surface area (Å²) in [6.45, 7) is 4.16. The summed E-state index contributed by atoms with van der Waals surface area (Å²) in [5.74, 6) is 0. The Labute approximate surface area is 169 Å². The van der Waals surface area contributed by atoms with Crippen molar-refractivity contribution in [3.63, 3.8) is 0 Å². The van der Waals surface area contributed by atoms with Crippen LogP contribution in [0.25, 0.3) is 0 Å².